The highest BCUT2D eigenvalue weighted by Crippen LogP contribution is 2.33. The van der Waals surface area contributed by atoms with Crippen molar-refractivity contribution in [2.75, 3.05) is 7.11 Å². The average molecular weight is 316 g/mol. The van der Waals surface area contributed by atoms with Crippen LogP contribution in [0.1, 0.15) is 30.8 Å². The second-order valence-corrected chi connectivity index (χ2v) is 5.09. The Kier molecular flexibility index (Phi) is 4.86. The van der Waals surface area contributed by atoms with E-state index in [1.165, 1.54) is 13.3 Å². The fourth-order valence-electron chi connectivity index (χ4n) is 1.96. The lowest BCUT2D eigenvalue weighted by molar-refractivity contribution is 0.197. The summed E-state index contributed by atoms with van der Waals surface area (Å²) in [4.78, 5) is 4.10. The summed E-state index contributed by atoms with van der Waals surface area (Å²) in [7, 11) is 1.53. The maximum absolute atomic E-state index is 10.5. The van der Waals surface area contributed by atoms with E-state index in [0.717, 1.165) is 6.42 Å². The third-order valence-electron chi connectivity index (χ3n) is 2.85. The SMILES string of the molecule is CCCn1ncc(OC)c1C(O)c1ncc(Cl)cc1Cl. The first-order valence-electron chi connectivity index (χ1n) is 6.17. The molecule has 1 N–H and O–H groups in total. The number of pyridine rings is 1. The van der Waals surface area contributed by atoms with Gasteiger partial charge in [-0.05, 0) is 12.5 Å². The van der Waals surface area contributed by atoms with Gasteiger partial charge in [-0.1, -0.05) is 30.1 Å². The number of hydrogen-bond donors (Lipinski definition) is 1. The third kappa shape index (κ3) is 2.90. The number of aromatic nitrogens is 3. The van der Waals surface area contributed by atoms with Crippen molar-refractivity contribution >= 4 is 23.2 Å². The molecule has 1 unspecified atom stereocenters. The Labute approximate surface area is 127 Å². The van der Waals surface area contributed by atoms with Gasteiger partial charge in [0.05, 0.1) is 29.0 Å². The van der Waals surface area contributed by atoms with Crippen LogP contribution in [0.3, 0.4) is 0 Å². The maximum atomic E-state index is 10.5. The Morgan fingerprint density at radius 3 is 2.75 bits per heavy atom. The molecule has 7 heteroatoms. The van der Waals surface area contributed by atoms with Crippen molar-refractivity contribution in [1.82, 2.24) is 14.8 Å². The van der Waals surface area contributed by atoms with Gasteiger partial charge in [0.2, 0.25) is 0 Å². The Bertz CT molecular complexity index is 601. The summed E-state index contributed by atoms with van der Waals surface area (Å²) in [6.07, 6.45) is 2.87. The van der Waals surface area contributed by atoms with Crippen molar-refractivity contribution in [3.63, 3.8) is 0 Å². The van der Waals surface area contributed by atoms with Crippen LogP contribution in [0.5, 0.6) is 5.75 Å². The molecule has 2 rings (SSSR count). The molecule has 0 saturated carbocycles. The van der Waals surface area contributed by atoms with Gasteiger partial charge in [-0.2, -0.15) is 5.10 Å². The molecule has 20 heavy (non-hydrogen) atoms. The molecule has 0 bridgehead atoms. The molecule has 0 amide bonds. The van der Waals surface area contributed by atoms with Crippen LogP contribution in [0.15, 0.2) is 18.5 Å². The van der Waals surface area contributed by atoms with Gasteiger partial charge in [-0.25, -0.2) is 0 Å². The topological polar surface area (TPSA) is 60.2 Å². The molecular weight excluding hydrogens is 301 g/mol. The minimum Gasteiger partial charge on any atom is -0.493 e. The van der Waals surface area contributed by atoms with Gasteiger partial charge in [-0.15, -0.1) is 0 Å². The number of aryl methyl sites for hydroxylation is 1. The largest absolute Gasteiger partial charge is 0.493 e. The summed E-state index contributed by atoms with van der Waals surface area (Å²) >= 11 is 11.9. The molecule has 5 nitrogen and oxygen atoms in total. The van der Waals surface area contributed by atoms with Gasteiger partial charge < -0.3 is 9.84 Å². The first kappa shape index (κ1) is 15.1. The summed E-state index contributed by atoms with van der Waals surface area (Å²) in [6.45, 7) is 2.69. The van der Waals surface area contributed by atoms with Crippen LogP contribution in [0.2, 0.25) is 10.0 Å². The van der Waals surface area contributed by atoms with Gasteiger partial charge in [0.25, 0.3) is 0 Å². The molecule has 2 aromatic heterocycles. The molecule has 0 saturated heterocycles. The number of ether oxygens (including phenoxy) is 1. The standard InChI is InChI=1S/C13H15Cl2N3O2/c1-3-4-18-12(10(20-2)7-17-18)13(19)11-9(15)5-8(14)6-16-11/h5-7,13,19H,3-4H2,1-2H3. The number of nitrogens with zero attached hydrogens (tertiary/aromatic N) is 3. The smallest absolute Gasteiger partial charge is 0.163 e. The summed E-state index contributed by atoms with van der Waals surface area (Å²) in [5.74, 6) is 0.499. The average Bonchev–Trinajstić information content (AvgIpc) is 2.81. The van der Waals surface area contributed by atoms with Crippen LogP contribution in [0.4, 0.5) is 0 Å². The van der Waals surface area contributed by atoms with Gasteiger partial charge in [0.15, 0.2) is 5.75 Å². The fraction of sp³-hybridized carbons (Fsp3) is 0.385. The molecule has 0 fully saturated rings. The van der Waals surface area contributed by atoms with Crippen LogP contribution in [0, 0.1) is 0 Å². The lowest BCUT2D eigenvalue weighted by Crippen LogP contribution is -2.12. The van der Waals surface area contributed by atoms with Crippen molar-refractivity contribution in [2.45, 2.75) is 26.0 Å². The van der Waals surface area contributed by atoms with Crippen LogP contribution in [-0.4, -0.2) is 27.0 Å². The molecule has 0 aliphatic rings. The quantitative estimate of drug-likeness (QED) is 0.921. The summed E-state index contributed by atoms with van der Waals surface area (Å²) in [6, 6.07) is 1.54. The number of methoxy groups -OCH3 is 1. The van der Waals surface area contributed by atoms with E-state index in [9.17, 15) is 5.11 Å². The molecular formula is C13H15Cl2N3O2. The Morgan fingerprint density at radius 1 is 1.40 bits per heavy atom. The van der Waals surface area contributed by atoms with Gasteiger partial charge >= 0.3 is 0 Å². The minimum absolute atomic E-state index is 0.302. The zero-order valence-corrected chi connectivity index (χ0v) is 12.7. The lowest BCUT2D eigenvalue weighted by Gasteiger charge is -2.15. The molecule has 0 spiro atoms. The van der Waals surface area contributed by atoms with Crippen LogP contribution < -0.4 is 4.74 Å². The van der Waals surface area contributed by atoms with Crippen molar-refractivity contribution < 1.29 is 9.84 Å². The molecule has 0 aliphatic carbocycles. The first-order valence-corrected chi connectivity index (χ1v) is 6.92. The van der Waals surface area contributed by atoms with E-state index in [0.29, 0.717) is 33.7 Å². The predicted molar refractivity (Wildman–Crippen MR) is 77.4 cm³/mol. The second kappa shape index (κ2) is 6.43. The number of halogens is 2. The Hall–Kier alpha value is -1.30. The molecule has 2 heterocycles. The second-order valence-electron chi connectivity index (χ2n) is 4.24. The van der Waals surface area contributed by atoms with Crippen molar-refractivity contribution in [2.24, 2.45) is 0 Å². The number of aliphatic hydroxyl groups excluding tert-OH is 1. The first-order chi connectivity index (χ1) is 9.58. The maximum Gasteiger partial charge on any atom is 0.163 e. The molecule has 108 valence electrons. The van der Waals surface area contributed by atoms with E-state index in [1.54, 1.807) is 16.9 Å². The summed E-state index contributed by atoms with van der Waals surface area (Å²) in [5, 5.41) is 15.5. The monoisotopic (exact) mass is 315 g/mol. The highest BCUT2D eigenvalue weighted by Gasteiger charge is 2.24. The number of rotatable bonds is 5. The zero-order chi connectivity index (χ0) is 14.7. The number of aliphatic hydroxyl groups is 1. The highest BCUT2D eigenvalue weighted by molar-refractivity contribution is 6.34. The van der Waals surface area contributed by atoms with Gasteiger partial charge in [0.1, 0.15) is 11.8 Å². The molecule has 0 aliphatic heterocycles. The minimum atomic E-state index is -1.02. The zero-order valence-electron chi connectivity index (χ0n) is 11.2. The van der Waals surface area contributed by atoms with E-state index in [-0.39, 0.29) is 0 Å². The van der Waals surface area contributed by atoms with Crippen molar-refractivity contribution in [1.29, 1.82) is 0 Å². The fourth-order valence-corrected chi connectivity index (χ4v) is 2.44. The summed E-state index contributed by atoms with van der Waals surface area (Å²) < 4.78 is 6.93. The molecule has 0 radical (unpaired) electrons. The van der Waals surface area contributed by atoms with E-state index in [1.807, 2.05) is 6.92 Å². The summed E-state index contributed by atoms with van der Waals surface area (Å²) in [5.41, 5.74) is 0.860. The number of hydrogen-bond acceptors (Lipinski definition) is 4. The normalized spacial score (nSPS) is 12.4. The molecule has 0 aromatic carbocycles. The molecule has 2 aromatic rings. The van der Waals surface area contributed by atoms with E-state index in [4.69, 9.17) is 27.9 Å². The lowest BCUT2D eigenvalue weighted by atomic mass is 10.1. The Morgan fingerprint density at radius 2 is 2.15 bits per heavy atom. The Balaban J connectivity index is 2.46. The van der Waals surface area contributed by atoms with Crippen molar-refractivity contribution in [3.05, 3.63) is 39.9 Å². The van der Waals surface area contributed by atoms with Crippen LogP contribution in [-0.2, 0) is 6.54 Å². The van der Waals surface area contributed by atoms with Gasteiger partial charge in [0, 0.05) is 12.7 Å². The van der Waals surface area contributed by atoms with E-state index < -0.39 is 6.10 Å². The van der Waals surface area contributed by atoms with Crippen molar-refractivity contribution in [3.8, 4) is 5.75 Å². The van der Waals surface area contributed by atoms with E-state index in [2.05, 4.69) is 10.1 Å². The molecule has 1 atom stereocenters. The van der Waals surface area contributed by atoms with Gasteiger partial charge in [-0.3, -0.25) is 9.67 Å². The predicted octanol–water partition coefficient (Wildman–Crippen LogP) is 3.09. The van der Waals surface area contributed by atoms with Crippen LogP contribution in [0.25, 0.3) is 0 Å². The van der Waals surface area contributed by atoms with E-state index >= 15 is 0 Å². The highest BCUT2D eigenvalue weighted by atomic mass is 35.5. The third-order valence-corrected chi connectivity index (χ3v) is 3.36. The van der Waals surface area contributed by atoms with Crippen LogP contribution >= 0.6 is 23.2 Å².